The molecule has 0 radical (unpaired) electrons. The van der Waals surface area contributed by atoms with Crippen molar-refractivity contribution < 1.29 is 34.3 Å². The summed E-state index contributed by atoms with van der Waals surface area (Å²) in [4.78, 5) is 12.5. The van der Waals surface area contributed by atoms with Crippen molar-refractivity contribution in [1.29, 1.82) is 0 Å². The van der Waals surface area contributed by atoms with Crippen LogP contribution in [-0.4, -0.2) is 59.4 Å². The zero-order chi connectivity index (χ0) is 15.1. The predicted molar refractivity (Wildman–Crippen MR) is 69.2 cm³/mol. The first-order valence-corrected chi connectivity index (χ1v) is 6.58. The summed E-state index contributed by atoms with van der Waals surface area (Å²) in [6.07, 6.45) is -4.74. The van der Waals surface area contributed by atoms with Crippen LogP contribution in [0.1, 0.15) is 10.4 Å². The van der Waals surface area contributed by atoms with Crippen molar-refractivity contribution in [1.82, 2.24) is 0 Å². The van der Waals surface area contributed by atoms with E-state index in [1.54, 1.807) is 12.1 Å². The number of Topliss-reactive ketones (excluding diaryl/α,β-unsaturated/α-hetero) is 1. The van der Waals surface area contributed by atoms with Gasteiger partial charge in [-0.1, -0.05) is 0 Å². The van der Waals surface area contributed by atoms with Gasteiger partial charge in [-0.05, 0) is 18.2 Å². The number of rotatable bonds is 2. The van der Waals surface area contributed by atoms with Crippen LogP contribution in [0.2, 0.25) is 0 Å². The van der Waals surface area contributed by atoms with Gasteiger partial charge in [0.25, 0.3) is 0 Å². The van der Waals surface area contributed by atoms with E-state index in [1.807, 2.05) is 0 Å². The normalized spacial score (nSPS) is 34.7. The molecule has 2 aliphatic heterocycles. The minimum Gasteiger partial charge on any atom is -0.497 e. The molecule has 0 unspecified atom stereocenters. The van der Waals surface area contributed by atoms with Crippen LogP contribution in [-0.2, 0) is 4.74 Å². The molecule has 1 aromatic rings. The third kappa shape index (κ3) is 2.18. The minimum absolute atomic E-state index is 0.271. The monoisotopic (exact) mass is 296 g/mol. The van der Waals surface area contributed by atoms with Crippen LogP contribution in [0.15, 0.2) is 18.2 Å². The molecule has 0 bridgehead atoms. The van der Waals surface area contributed by atoms with E-state index in [0.29, 0.717) is 11.5 Å². The maximum atomic E-state index is 12.5. The second-order valence-corrected chi connectivity index (χ2v) is 5.08. The van der Waals surface area contributed by atoms with Gasteiger partial charge in [0, 0.05) is 0 Å². The molecule has 0 saturated carbocycles. The summed E-state index contributed by atoms with van der Waals surface area (Å²) >= 11 is 0. The Morgan fingerprint density at radius 3 is 2.71 bits per heavy atom. The quantitative estimate of drug-likeness (QED) is 0.664. The number of benzene rings is 1. The number of carbonyl (C=O) groups excluding carboxylic acids is 1. The molecule has 2 aliphatic rings. The second kappa shape index (κ2) is 5.27. The SMILES string of the molecule is COc1ccc2c(c1)C(=O)[C@H]1[C@@H](O2)O[C@H](CO)[C@H](O)[C@@H]1O. The van der Waals surface area contributed by atoms with Crippen LogP contribution in [0.4, 0.5) is 0 Å². The highest BCUT2D eigenvalue weighted by Crippen LogP contribution is 2.39. The molecule has 1 saturated heterocycles. The Kier molecular flexibility index (Phi) is 3.58. The van der Waals surface area contributed by atoms with Gasteiger partial charge in [-0.2, -0.15) is 0 Å². The van der Waals surface area contributed by atoms with Crippen LogP contribution in [0.5, 0.6) is 11.5 Å². The maximum absolute atomic E-state index is 12.5. The van der Waals surface area contributed by atoms with E-state index in [0.717, 1.165) is 0 Å². The zero-order valence-electron chi connectivity index (χ0n) is 11.3. The smallest absolute Gasteiger partial charge is 0.213 e. The molecule has 21 heavy (non-hydrogen) atoms. The molecule has 0 aliphatic carbocycles. The summed E-state index contributed by atoms with van der Waals surface area (Å²) < 4.78 is 16.0. The van der Waals surface area contributed by atoms with Crippen molar-refractivity contribution in [2.75, 3.05) is 13.7 Å². The molecule has 2 heterocycles. The summed E-state index contributed by atoms with van der Waals surface area (Å²) in [5.74, 6) is -0.614. The number of carbonyl (C=O) groups is 1. The minimum atomic E-state index is -1.37. The lowest BCUT2D eigenvalue weighted by Gasteiger charge is -2.43. The Bertz CT molecular complexity index is 558. The predicted octanol–water partition coefficient (Wildman–Crippen LogP) is -0.675. The summed E-state index contributed by atoms with van der Waals surface area (Å²) in [5.41, 5.74) is 0.271. The summed E-state index contributed by atoms with van der Waals surface area (Å²) in [7, 11) is 1.48. The van der Waals surface area contributed by atoms with E-state index in [9.17, 15) is 15.0 Å². The fraction of sp³-hybridized carbons (Fsp3) is 0.500. The van der Waals surface area contributed by atoms with Crippen molar-refractivity contribution in [2.24, 2.45) is 5.92 Å². The maximum Gasteiger partial charge on any atom is 0.213 e. The first-order chi connectivity index (χ1) is 10.1. The van der Waals surface area contributed by atoms with E-state index >= 15 is 0 Å². The fourth-order valence-electron chi connectivity index (χ4n) is 2.70. The number of hydrogen-bond donors (Lipinski definition) is 3. The van der Waals surface area contributed by atoms with Crippen molar-refractivity contribution in [3.8, 4) is 11.5 Å². The highest BCUT2D eigenvalue weighted by Gasteiger charge is 2.51. The van der Waals surface area contributed by atoms with E-state index in [2.05, 4.69) is 0 Å². The lowest BCUT2D eigenvalue weighted by molar-refractivity contribution is -0.251. The molecule has 3 rings (SSSR count). The molecule has 1 fully saturated rings. The average Bonchev–Trinajstić information content (AvgIpc) is 2.50. The molecular weight excluding hydrogens is 280 g/mol. The molecular formula is C14H16O7. The largest absolute Gasteiger partial charge is 0.497 e. The molecule has 0 amide bonds. The van der Waals surface area contributed by atoms with Crippen molar-refractivity contribution in [3.63, 3.8) is 0 Å². The van der Waals surface area contributed by atoms with Gasteiger partial charge >= 0.3 is 0 Å². The van der Waals surface area contributed by atoms with E-state index in [-0.39, 0.29) is 11.3 Å². The van der Waals surface area contributed by atoms with Crippen molar-refractivity contribution >= 4 is 5.78 Å². The van der Waals surface area contributed by atoms with Crippen molar-refractivity contribution in [3.05, 3.63) is 23.8 Å². The van der Waals surface area contributed by atoms with Gasteiger partial charge in [0.05, 0.1) is 25.4 Å². The Balaban J connectivity index is 1.98. The Hall–Kier alpha value is -1.67. The molecule has 1 aromatic carbocycles. The standard InChI is InChI=1S/C14H16O7/c1-19-6-2-3-8-7(4-6)11(16)10-13(18)12(17)9(5-15)21-14(10)20-8/h2-4,9-10,12-15,17-18H,5H2,1H3/t9-,10-,12+,13-,14+/m1/s1. The highest BCUT2D eigenvalue weighted by molar-refractivity contribution is 6.02. The van der Waals surface area contributed by atoms with Gasteiger partial charge in [-0.3, -0.25) is 4.79 Å². The third-order valence-corrected chi connectivity index (χ3v) is 3.88. The number of methoxy groups -OCH3 is 1. The molecule has 7 nitrogen and oxygen atoms in total. The second-order valence-electron chi connectivity index (χ2n) is 5.08. The molecule has 114 valence electrons. The fourth-order valence-corrected chi connectivity index (χ4v) is 2.70. The Morgan fingerprint density at radius 2 is 2.05 bits per heavy atom. The lowest BCUT2D eigenvalue weighted by Crippen LogP contribution is -2.60. The third-order valence-electron chi connectivity index (χ3n) is 3.88. The van der Waals surface area contributed by atoms with Gasteiger partial charge in [0.15, 0.2) is 5.78 Å². The number of ether oxygens (including phenoxy) is 3. The summed E-state index contributed by atoms with van der Waals surface area (Å²) in [6.45, 7) is -0.478. The van der Waals surface area contributed by atoms with Crippen LogP contribution in [0.3, 0.4) is 0 Å². The van der Waals surface area contributed by atoms with Gasteiger partial charge in [-0.15, -0.1) is 0 Å². The highest BCUT2D eigenvalue weighted by atomic mass is 16.7. The van der Waals surface area contributed by atoms with E-state index < -0.39 is 37.1 Å². The van der Waals surface area contributed by atoms with Gasteiger partial charge in [0.2, 0.25) is 6.29 Å². The first-order valence-electron chi connectivity index (χ1n) is 6.58. The summed E-state index contributed by atoms with van der Waals surface area (Å²) in [5, 5.41) is 29.1. The number of hydrogen-bond acceptors (Lipinski definition) is 7. The van der Waals surface area contributed by atoms with Gasteiger partial charge in [0.1, 0.15) is 29.6 Å². The molecule has 0 aromatic heterocycles. The van der Waals surface area contributed by atoms with Crippen LogP contribution in [0.25, 0.3) is 0 Å². The average molecular weight is 296 g/mol. The van der Waals surface area contributed by atoms with Crippen LogP contribution in [0, 0.1) is 5.92 Å². The summed E-state index contributed by atoms with van der Waals surface area (Å²) in [6, 6.07) is 4.74. The molecule has 5 atom stereocenters. The lowest BCUT2D eigenvalue weighted by atomic mass is 9.83. The van der Waals surface area contributed by atoms with Crippen LogP contribution >= 0.6 is 0 Å². The number of fused-ring (bicyclic) bond motifs is 2. The Morgan fingerprint density at radius 1 is 1.29 bits per heavy atom. The van der Waals surface area contributed by atoms with Crippen LogP contribution < -0.4 is 9.47 Å². The van der Waals surface area contributed by atoms with E-state index in [4.69, 9.17) is 19.3 Å². The number of ketones is 1. The topological polar surface area (TPSA) is 105 Å². The zero-order valence-corrected chi connectivity index (χ0v) is 11.3. The number of aliphatic hydroxyl groups is 3. The molecule has 0 spiro atoms. The van der Waals surface area contributed by atoms with Crippen molar-refractivity contribution in [2.45, 2.75) is 24.6 Å². The van der Waals surface area contributed by atoms with E-state index in [1.165, 1.54) is 13.2 Å². The first kappa shape index (κ1) is 14.3. The van der Waals surface area contributed by atoms with Gasteiger partial charge in [-0.25, -0.2) is 0 Å². The Labute approximate surface area is 120 Å². The number of aliphatic hydroxyl groups excluding tert-OH is 3. The molecule has 3 N–H and O–H groups in total. The molecule has 7 heteroatoms. The van der Waals surface area contributed by atoms with Gasteiger partial charge < -0.3 is 29.5 Å².